The topological polar surface area (TPSA) is 82.1 Å². The molecule has 2 aromatic rings. The van der Waals surface area contributed by atoms with Gasteiger partial charge in [0, 0.05) is 6.07 Å². The molecule has 7 heteroatoms. The molecule has 2 aromatic carbocycles. The van der Waals surface area contributed by atoms with Gasteiger partial charge in [-0.1, -0.05) is 43.8 Å². The Bertz CT molecular complexity index is 966. The van der Waals surface area contributed by atoms with Gasteiger partial charge in [0.2, 0.25) is 5.41 Å². The van der Waals surface area contributed by atoms with Crippen LogP contribution >= 0.6 is 0 Å². The number of esters is 1. The third-order valence-electron chi connectivity index (χ3n) is 4.10. The first-order chi connectivity index (χ1) is 14.0. The van der Waals surface area contributed by atoms with Gasteiger partial charge in [-0.3, -0.25) is 0 Å². The lowest BCUT2D eigenvalue weighted by Gasteiger charge is -2.18. The van der Waals surface area contributed by atoms with Crippen molar-refractivity contribution in [2.75, 3.05) is 7.11 Å². The van der Waals surface area contributed by atoms with Crippen LogP contribution in [0.1, 0.15) is 12.5 Å². The minimum atomic E-state index is -1.94. The molecule has 0 aliphatic rings. The molecule has 0 radical (unpaired) electrons. The average molecular weight is 427 g/mol. The monoisotopic (exact) mass is 426 g/mol. The van der Waals surface area contributed by atoms with E-state index in [1.807, 2.05) is 43.9 Å². The predicted molar refractivity (Wildman–Crippen MR) is 116 cm³/mol. The highest BCUT2D eigenvalue weighted by Crippen LogP contribution is 2.25. The Morgan fingerprint density at radius 2 is 1.67 bits per heavy atom. The van der Waals surface area contributed by atoms with Crippen LogP contribution in [0.2, 0.25) is 19.6 Å². The molecule has 0 fully saturated rings. The molecule has 0 amide bonds. The molecular formula is C23H26O6Si. The van der Waals surface area contributed by atoms with Crippen LogP contribution in [0.4, 0.5) is 0 Å². The Balaban J connectivity index is 2.11. The van der Waals surface area contributed by atoms with E-state index >= 15 is 0 Å². The van der Waals surface area contributed by atoms with Crippen molar-refractivity contribution < 1.29 is 28.9 Å². The molecule has 158 valence electrons. The van der Waals surface area contributed by atoms with Crippen LogP contribution in [-0.4, -0.2) is 32.2 Å². The quantitative estimate of drug-likeness (QED) is 0.235. The SMILES string of the molecule is COc1ccc(COc2cccc(OC(=O)C(C)(C#C[Si](C)(C)C)C(=O)O)c2)cc1. The second-order valence-corrected chi connectivity index (χ2v) is 12.7. The van der Waals surface area contributed by atoms with Gasteiger partial charge in [-0.2, -0.15) is 0 Å². The normalized spacial score (nSPS) is 12.7. The molecule has 0 saturated carbocycles. The molecule has 0 saturated heterocycles. The first-order valence-electron chi connectivity index (χ1n) is 9.39. The molecule has 6 nitrogen and oxygen atoms in total. The number of aliphatic carboxylic acids is 1. The van der Waals surface area contributed by atoms with Crippen molar-refractivity contribution in [3.63, 3.8) is 0 Å². The summed E-state index contributed by atoms with van der Waals surface area (Å²) in [6.45, 7) is 7.48. The summed E-state index contributed by atoms with van der Waals surface area (Å²) in [5.74, 6) is 1.78. The van der Waals surface area contributed by atoms with Crippen molar-refractivity contribution >= 4 is 20.0 Å². The van der Waals surface area contributed by atoms with Crippen LogP contribution in [-0.2, 0) is 16.2 Å². The Morgan fingerprint density at radius 1 is 1.03 bits per heavy atom. The summed E-state index contributed by atoms with van der Waals surface area (Å²) in [6, 6.07) is 13.9. The van der Waals surface area contributed by atoms with E-state index in [-0.39, 0.29) is 5.75 Å². The standard InChI is InChI=1S/C23H26O6Si/c1-23(21(24)25,13-14-30(3,4)5)22(26)29-20-8-6-7-19(15-20)28-16-17-9-11-18(27-2)12-10-17/h6-12,15H,16H2,1-5H3,(H,24,25). The number of hydrogen-bond donors (Lipinski definition) is 1. The minimum Gasteiger partial charge on any atom is -0.497 e. The number of benzene rings is 2. The zero-order chi connectivity index (χ0) is 22.4. The summed E-state index contributed by atoms with van der Waals surface area (Å²) in [6.07, 6.45) is 0. The van der Waals surface area contributed by atoms with Gasteiger partial charge >= 0.3 is 11.9 Å². The van der Waals surface area contributed by atoms with Crippen molar-refractivity contribution in [3.8, 4) is 28.7 Å². The Morgan fingerprint density at radius 3 is 2.23 bits per heavy atom. The third-order valence-corrected chi connectivity index (χ3v) is 4.98. The van der Waals surface area contributed by atoms with E-state index in [0.29, 0.717) is 12.4 Å². The number of hydrogen-bond acceptors (Lipinski definition) is 5. The van der Waals surface area contributed by atoms with E-state index in [9.17, 15) is 14.7 Å². The number of carboxylic acids is 1. The van der Waals surface area contributed by atoms with E-state index in [1.54, 1.807) is 25.3 Å². The highest BCUT2D eigenvalue weighted by molar-refractivity contribution is 6.83. The molecule has 1 atom stereocenters. The number of ether oxygens (including phenoxy) is 3. The summed E-state index contributed by atoms with van der Waals surface area (Å²) in [5.41, 5.74) is 1.94. The van der Waals surface area contributed by atoms with Crippen LogP contribution in [0.3, 0.4) is 0 Å². The zero-order valence-electron chi connectivity index (χ0n) is 17.8. The fourth-order valence-corrected chi connectivity index (χ4v) is 2.85. The number of carbonyl (C=O) groups is 2. The molecule has 0 bridgehead atoms. The molecule has 0 aromatic heterocycles. The molecule has 0 heterocycles. The largest absolute Gasteiger partial charge is 0.497 e. The molecule has 30 heavy (non-hydrogen) atoms. The lowest BCUT2D eigenvalue weighted by molar-refractivity contribution is -0.157. The molecule has 1 N–H and O–H groups in total. The van der Waals surface area contributed by atoms with Crippen molar-refractivity contribution in [1.29, 1.82) is 0 Å². The lowest BCUT2D eigenvalue weighted by atomic mass is 9.92. The fraction of sp³-hybridized carbons (Fsp3) is 0.304. The fourth-order valence-electron chi connectivity index (χ4n) is 2.23. The zero-order valence-corrected chi connectivity index (χ0v) is 18.8. The van der Waals surface area contributed by atoms with Gasteiger partial charge in [-0.15, -0.1) is 5.54 Å². The maximum Gasteiger partial charge on any atom is 0.340 e. The Labute approximate surface area is 177 Å². The highest BCUT2D eigenvalue weighted by Gasteiger charge is 2.42. The molecule has 0 aliphatic heterocycles. The van der Waals surface area contributed by atoms with Crippen LogP contribution in [0.25, 0.3) is 0 Å². The van der Waals surface area contributed by atoms with Crippen molar-refractivity contribution in [2.45, 2.75) is 33.2 Å². The van der Waals surface area contributed by atoms with Gasteiger partial charge in [0.1, 0.15) is 31.9 Å². The molecule has 0 spiro atoms. The third kappa shape index (κ3) is 6.39. The second-order valence-electron chi connectivity index (χ2n) is 7.93. The van der Waals surface area contributed by atoms with Crippen LogP contribution in [0.5, 0.6) is 17.2 Å². The Kier molecular flexibility index (Phi) is 7.30. The van der Waals surface area contributed by atoms with Gasteiger partial charge in [0.25, 0.3) is 0 Å². The highest BCUT2D eigenvalue weighted by atomic mass is 28.3. The number of carboxylic acid groups (broad SMARTS) is 1. The molecule has 1 unspecified atom stereocenters. The number of methoxy groups -OCH3 is 1. The summed E-state index contributed by atoms with van der Waals surface area (Å²) in [5, 5.41) is 9.56. The van der Waals surface area contributed by atoms with Gasteiger partial charge in [-0.25, -0.2) is 9.59 Å². The van der Waals surface area contributed by atoms with Gasteiger partial charge < -0.3 is 19.3 Å². The Hall–Kier alpha value is -3.24. The van der Waals surface area contributed by atoms with E-state index in [4.69, 9.17) is 14.2 Å². The maximum atomic E-state index is 12.6. The van der Waals surface area contributed by atoms with E-state index in [2.05, 4.69) is 11.5 Å². The second kappa shape index (κ2) is 9.50. The number of rotatable bonds is 7. The lowest BCUT2D eigenvalue weighted by Crippen LogP contribution is -2.39. The van der Waals surface area contributed by atoms with Crippen LogP contribution in [0.15, 0.2) is 48.5 Å². The van der Waals surface area contributed by atoms with E-state index in [0.717, 1.165) is 11.3 Å². The van der Waals surface area contributed by atoms with E-state index in [1.165, 1.54) is 13.0 Å². The smallest absolute Gasteiger partial charge is 0.340 e. The summed E-state index contributed by atoms with van der Waals surface area (Å²) in [4.78, 5) is 24.3. The van der Waals surface area contributed by atoms with Crippen molar-refractivity contribution in [2.24, 2.45) is 5.41 Å². The van der Waals surface area contributed by atoms with Crippen molar-refractivity contribution in [3.05, 3.63) is 54.1 Å². The van der Waals surface area contributed by atoms with Crippen LogP contribution < -0.4 is 14.2 Å². The summed E-state index contributed by atoms with van der Waals surface area (Å²) >= 11 is 0. The maximum absolute atomic E-state index is 12.6. The van der Waals surface area contributed by atoms with Crippen molar-refractivity contribution in [1.82, 2.24) is 0 Å². The summed E-state index contributed by atoms with van der Waals surface area (Å²) in [7, 11) is -0.267. The first-order valence-corrected chi connectivity index (χ1v) is 12.9. The van der Waals surface area contributed by atoms with E-state index < -0.39 is 25.4 Å². The molecule has 2 rings (SSSR count). The molecule has 0 aliphatic carbocycles. The average Bonchev–Trinajstić information content (AvgIpc) is 2.70. The van der Waals surface area contributed by atoms with Gasteiger partial charge in [-0.05, 0) is 36.8 Å². The van der Waals surface area contributed by atoms with Gasteiger partial charge in [0.15, 0.2) is 0 Å². The first kappa shape index (κ1) is 23.0. The predicted octanol–water partition coefficient (Wildman–Crippen LogP) is 4.15. The molecular weight excluding hydrogens is 400 g/mol. The number of carbonyl (C=O) groups excluding carboxylic acids is 1. The minimum absolute atomic E-state index is 0.189. The van der Waals surface area contributed by atoms with Crippen LogP contribution in [0, 0.1) is 16.9 Å². The summed E-state index contributed by atoms with van der Waals surface area (Å²) < 4.78 is 16.2. The van der Waals surface area contributed by atoms with Gasteiger partial charge in [0.05, 0.1) is 7.11 Å².